The number of nitrogen functional groups attached to an aromatic ring is 1. The van der Waals surface area contributed by atoms with Crippen molar-refractivity contribution in [1.29, 1.82) is 0 Å². The fourth-order valence-corrected chi connectivity index (χ4v) is 4.00. The van der Waals surface area contributed by atoms with E-state index in [9.17, 15) is 0 Å². The van der Waals surface area contributed by atoms with Crippen LogP contribution >= 0.6 is 0 Å². The minimum absolute atomic E-state index is 0.195. The van der Waals surface area contributed by atoms with E-state index in [1.165, 1.54) is 6.07 Å². The van der Waals surface area contributed by atoms with Gasteiger partial charge in [-0.3, -0.25) is 4.68 Å². The van der Waals surface area contributed by atoms with Gasteiger partial charge in [-0.1, -0.05) is 18.2 Å². The number of rotatable bonds is 4. The second-order valence-corrected chi connectivity index (χ2v) is 7.44. The number of hydrogen-bond acceptors (Lipinski definition) is 5. The predicted octanol–water partition coefficient (Wildman–Crippen LogP) is 4.54. The summed E-state index contributed by atoms with van der Waals surface area (Å²) >= 11 is 0. The highest BCUT2D eigenvalue weighted by atomic mass is 19.1. The highest BCUT2D eigenvalue weighted by molar-refractivity contribution is 6.00. The number of anilines is 1. The fourth-order valence-electron chi connectivity index (χ4n) is 4.00. The lowest BCUT2D eigenvalue weighted by Gasteiger charge is -2.23. The number of nitrogens with two attached hydrogens (primary N) is 1. The van der Waals surface area contributed by atoms with Crippen LogP contribution in [0.15, 0.2) is 60.8 Å². The summed E-state index contributed by atoms with van der Waals surface area (Å²) in [6.07, 6.45) is 3.75. The van der Waals surface area contributed by atoms with Gasteiger partial charge in [-0.05, 0) is 49.7 Å². The molecule has 2 aromatic carbocycles. The van der Waals surface area contributed by atoms with Crippen molar-refractivity contribution in [1.82, 2.24) is 20.1 Å². The van der Waals surface area contributed by atoms with E-state index >= 15 is 4.39 Å². The molecule has 5 rings (SSSR count). The minimum atomic E-state index is -0.417. The lowest BCUT2D eigenvalue weighted by Crippen LogP contribution is -2.32. The third-order valence-corrected chi connectivity index (χ3v) is 5.44. The van der Waals surface area contributed by atoms with Crippen molar-refractivity contribution in [3.05, 3.63) is 66.6 Å². The fraction of sp³-hybridized carbons (Fsp3) is 0.217. The Labute approximate surface area is 173 Å². The van der Waals surface area contributed by atoms with Gasteiger partial charge in [0.1, 0.15) is 28.8 Å². The molecule has 0 amide bonds. The Morgan fingerprint density at radius 2 is 1.97 bits per heavy atom. The van der Waals surface area contributed by atoms with Crippen LogP contribution < -0.4 is 15.8 Å². The summed E-state index contributed by atoms with van der Waals surface area (Å²) in [5.74, 6) is 1.01. The molecule has 1 fully saturated rings. The van der Waals surface area contributed by atoms with Crippen molar-refractivity contribution in [3.8, 4) is 22.8 Å². The second kappa shape index (κ2) is 7.76. The third kappa shape index (κ3) is 3.37. The third-order valence-electron chi connectivity index (χ3n) is 5.44. The average molecular weight is 403 g/mol. The normalized spacial score (nSPS) is 16.6. The number of piperidine rings is 1. The Kier molecular flexibility index (Phi) is 4.80. The quantitative estimate of drug-likeness (QED) is 0.523. The molecule has 1 saturated heterocycles. The molecule has 4 aromatic rings. The molecule has 2 aromatic heterocycles. The maximum Gasteiger partial charge on any atom is 0.136 e. The van der Waals surface area contributed by atoms with E-state index in [0.717, 1.165) is 31.4 Å². The van der Waals surface area contributed by atoms with Crippen LogP contribution in [0, 0.1) is 5.82 Å². The first-order chi connectivity index (χ1) is 14.7. The molecule has 0 saturated carbocycles. The number of aromatic nitrogens is 3. The molecule has 1 aliphatic heterocycles. The smallest absolute Gasteiger partial charge is 0.136 e. The first-order valence-electron chi connectivity index (χ1n) is 10.1. The van der Waals surface area contributed by atoms with Gasteiger partial charge in [-0.2, -0.15) is 5.10 Å². The molecule has 6 nitrogen and oxygen atoms in total. The lowest BCUT2D eigenvalue weighted by molar-refractivity contribution is 0.355. The Balaban J connectivity index is 1.57. The van der Waals surface area contributed by atoms with Gasteiger partial charge in [0.05, 0.1) is 16.9 Å². The van der Waals surface area contributed by atoms with Crippen molar-refractivity contribution >= 4 is 16.7 Å². The maximum atomic E-state index is 15.1. The number of para-hydroxylation sites is 1. The highest BCUT2D eigenvalue weighted by Gasteiger charge is 2.24. The van der Waals surface area contributed by atoms with E-state index in [0.29, 0.717) is 34.0 Å². The van der Waals surface area contributed by atoms with Gasteiger partial charge in [0, 0.05) is 24.4 Å². The largest absolute Gasteiger partial charge is 0.457 e. The van der Waals surface area contributed by atoms with Crippen LogP contribution in [-0.2, 0) is 0 Å². The molecule has 152 valence electrons. The molecule has 0 bridgehead atoms. The Hall–Kier alpha value is -3.45. The number of fused-ring (bicyclic) bond motifs is 1. The molecule has 30 heavy (non-hydrogen) atoms. The molecular formula is C23H22FN5O. The molecule has 7 heteroatoms. The van der Waals surface area contributed by atoms with Crippen LogP contribution in [0.2, 0.25) is 0 Å². The summed E-state index contributed by atoms with van der Waals surface area (Å²) in [4.78, 5) is 4.22. The van der Waals surface area contributed by atoms with Crippen molar-refractivity contribution in [3.63, 3.8) is 0 Å². The molecule has 0 unspecified atom stereocenters. The second-order valence-electron chi connectivity index (χ2n) is 7.44. The van der Waals surface area contributed by atoms with Crippen molar-refractivity contribution < 1.29 is 9.13 Å². The zero-order valence-corrected chi connectivity index (χ0v) is 16.4. The van der Waals surface area contributed by atoms with E-state index in [2.05, 4.69) is 10.3 Å². The zero-order chi connectivity index (χ0) is 20.5. The Bertz CT molecular complexity index is 1190. The number of halogens is 1. The summed E-state index contributed by atoms with van der Waals surface area (Å²) < 4.78 is 22.9. The topological polar surface area (TPSA) is 78.0 Å². The molecule has 3 N–H and O–H groups in total. The van der Waals surface area contributed by atoms with E-state index in [1.807, 2.05) is 41.1 Å². The summed E-state index contributed by atoms with van der Waals surface area (Å²) in [6, 6.07) is 16.2. The number of hydrogen-bond donors (Lipinski definition) is 2. The van der Waals surface area contributed by atoms with Gasteiger partial charge in [-0.15, -0.1) is 0 Å². The molecule has 3 heterocycles. The average Bonchev–Trinajstić information content (AvgIpc) is 3.16. The number of pyridine rings is 1. The molecule has 0 radical (unpaired) electrons. The first kappa shape index (κ1) is 18.6. The van der Waals surface area contributed by atoms with E-state index in [4.69, 9.17) is 15.6 Å². The Morgan fingerprint density at radius 3 is 2.73 bits per heavy atom. The van der Waals surface area contributed by atoms with E-state index in [1.54, 1.807) is 18.3 Å². The monoisotopic (exact) mass is 403 g/mol. The molecule has 1 atom stereocenters. The van der Waals surface area contributed by atoms with Gasteiger partial charge >= 0.3 is 0 Å². The standard InChI is InChI=1S/C23H22FN5O/c24-19-13-17(30-16-6-2-1-3-7-16)8-9-18(19)22-21-20(10-12-27-23(21)25)29(28-22)15-5-4-11-26-14-15/h1-3,6-10,12-13,15,26H,4-5,11,14H2,(H2,25,27)/t15-/m1/s1. The molecular weight excluding hydrogens is 381 g/mol. The van der Waals surface area contributed by atoms with Crippen LogP contribution in [-0.4, -0.2) is 27.9 Å². The number of ether oxygens (including phenoxy) is 1. The predicted molar refractivity (Wildman–Crippen MR) is 115 cm³/mol. The molecule has 0 aliphatic carbocycles. The summed E-state index contributed by atoms with van der Waals surface area (Å²) in [5, 5.41) is 8.88. The van der Waals surface area contributed by atoms with Gasteiger partial charge in [0.15, 0.2) is 0 Å². The maximum absolute atomic E-state index is 15.1. The first-order valence-corrected chi connectivity index (χ1v) is 10.1. The highest BCUT2D eigenvalue weighted by Crippen LogP contribution is 2.36. The number of benzene rings is 2. The van der Waals surface area contributed by atoms with Crippen molar-refractivity contribution in [2.45, 2.75) is 18.9 Å². The molecule has 1 aliphatic rings. The lowest BCUT2D eigenvalue weighted by atomic mass is 10.1. The summed E-state index contributed by atoms with van der Waals surface area (Å²) in [5.41, 5.74) is 7.94. The van der Waals surface area contributed by atoms with Gasteiger partial charge in [0.25, 0.3) is 0 Å². The van der Waals surface area contributed by atoms with Gasteiger partial charge in [0.2, 0.25) is 0 Å². The van der Waals surface area contributed by atoms with Crippen LogP contribution in [0.3, 0.4) is 0 Å². The van der Waals surface area contributed by atoms with Gasteiger partial charge < -0.3 is 15.8 Å². The Morgan fingerprint density at radius 1 is 1.10 bits per heavy atom. The van der Waals surface area contributed by atoms with E-state index < -0.39 is 5.82 Å². The zero-order valence-electron chi connectivity index (χ0n) is 16.4. The summed E-state index contributed by atoms with van der Waals surface area (Å²) in [7, 11) is 0. The van der Waals surface area contributed by atoms with Crippen molar-refractivity contribution in [2.75, 3.05) is 18.8 Å². The van der Waals surface area contributed by atoms with Crippen molar-refractivity contribution in [2.24, 2.45) is 0 Å². The van der Waals surface area contributed by atoms with Crippen LogP contribution in [0.25, 0.3) is 22.2 Å². The van der Waals surface area contributed by atoms with Crippen LogP contribution in [0.5, 0.6) is 11.5 Å². The van der Waals surface area contributed by atoms with Crippen LogP contribution in [0.4, 0.5) is 10.2 Å². The minimum Gasteiger partial charge on any atom is -0.457 e. The SMILES string of the molecule is Nc1nccc2c1c(-c1ccc(Oc3ccccc3)cc1F)nn2[C@@H]1CCCNC1. The number of nitrogens with one attached hydrogen (secondary N) is 1. The van der Waals surface area contributed by atoms with Crippen LogP contribution in [0.1, 0.15) is 18.9 Å². The molecule has 0 spiro atoms. The van der Waals surface area contributed by atoms with E-state index in [-0.39, 0.29) is 6.04 Å². The summed E-state index contributed by atoms with van der Waals surface area (Å²) in [6.45, 7) is 1.83. The van der Waals surface area contributed by atoms with Gasteiger partial charge in [-0.25, -0.2) is 9.37 Å². The number of nitrogens with zero attached hydrogens (tertiary/aromatic N) is 3.